The van der Waals surface area contributed by atoms with Crippen LogP contribution in [0.3, 0.4) is 0 Å². The van der Waals surface area contributed by atoms with Gasteiger partial charge in [0.15, 0.2) is 0 Å². The first-order valence-electron chi connectivity index (χ1n) is 5.62. The van der Waals surface area contributed by atoms with E-state index in [0.717, 1.165) is 4.68 Å². The Balaban J connectivity index is 2.05. The van der Waals surface area contributed by atoms with E-state index in [9.17, 15) is 9.59 Å². The van der Waals surface area contributed by atoms with E-state index in [1.807, 2.05) is 12.3 Å². The molecule has 0 saturated carbocycles. The van der Waals surface area contributed by atoms with Gasteiger partial charge in [-0.2, -0.15) is 9.67 Å². The number of anilines is 1. The lowest BCUT2D eigenvalue weighted by molar-refractivity contribution is -0.117. The van der Waals surface area contributed by atoms with Gasteiger partial charge >= 0.3 is 0 Å². The van der Waals surface area contributed by atoms with Crippen molar-refractivity contribution in [2.45, 2.75) is 11.1 Å². The first kappa shape index (κ1) is 11.9. The maximum atomic E-state index is 12.3. The van der Waals surface area contributed by atoms with Crippen molar-refractivity contribution in [3.05, 3.63) is 35.9 Å². The highest BCUT2D eigenvalue weighted by atomic mass is 32.2. The minimum atomic E-state index is -0.870. The van der Waals surface area contributed by atoms with Gasteiger partial charge in [0.25, 0.3) is 5.91 Å². The molecular formula is C12H10N4O2S. The maximum Gasteiger partial charge on any atom is 0.267 e. The Morgan fingerprint density at radius 1 is 1.26 bits per heavy atom. The number of benzene rings is 1. The number of carbonyl (C=O) groups excluding carboxylic acids is 2. The molecule has 1 aliphatic heterocycles. The lowest BCUT2D eigenvalue weighted by Gasteiger charge is -2.20. The van der Waals surface area contributed by atoms with Gasteiger partial charge in [0.05, 0.1) is 0 Å². The molecule has 1 atom stereocenters. The molecule has 96 valence electrons. The van der Waals surface area contributed by atoms with E-state index >= 15 is 0 Å². The molecule has 1 aliphatic rings. The molecule has 1 N–H and O–H groups in total. The normalized spacial score (nSPS) is 18.1. The van der Waals surface area contributed by atoms with Crippen LogP contribution in [0.15, 0.2) is 35.5 Å². The smallest absolute Gasteiger partial charge is 0.267 e. The highest BCUT2D eigenvalue weighted by Crippen LogP contribution is 2.26. The number of nitrogens with zero attached hydrogens (tertiary/aromatic N) is 3. The highest BCUT2D eigenvalue weighted by Gasteiger charge is 2.37. The summed E-state index contributed by atoms with van der Waals surface area (Å²) in [7, 11) is 0. The Morgan fingerprint density at radius 2 is 2.00 bits per heavy atom. The lowest BCUT2D eigenvalue weighted by Crippen LogP contribution is -2.38. The van der Waals surface area contributed by atoms with Gasteiger partial charge in [-0.15, -0.1) is 5.10 Å². The fourth-order valence-electron chi connectivity index (χ4n) is 1.97. The molecule has 1 unspecified atom stereocenters. The SMILES string of the molecule is CSc1nc2n(n1)C(=O)C(c1ccccc1)C(=O)N2. The number of thioether (sulfide) groups is 1. The molecule has 19 heavy (non-hydrogen) atoms. The highest BCUT2D eigenvalue weighted by molar-refractivity contribution is 7.98. The summed E-state index contributed by atoms with van der Waals surface area (Å²) in [5.41, 5.74) is 0.650. The zero-order valence-electron chi connectivity index (χ0n) is 10.0. The Kier molecular flexibility index (Phi) is 2.83. The summed E-state index contributed by atoms with van der Waals surface area (Å²) in [5, 5.41) is 7.13. The molecule has 6 nitrogen and oxygen atoms in total. The summed E-state index contributed by atoms with van der Waals surface area (Å²) < 4.78 is 1.16. The van der Waals surface area contributed by atoms with E-state index in [2.05, 4.69) is 15.4 Å². The topological polar surface area (TPSA) is 76.9 Å². The number of amides is 1. The van der Waals surface area contributed by atoms with Crippen LogP contribution in [-0.4, -0.2) is 32.8 Å². The summed E-state index contributed by atoms with van der Waals surface area (Å²) in [5.74, 6) is -1.43. The van der Waals surface area contributed by atoms with Gasteiger partial charge in [0, 0.05) is 0 Å². The van der Waals surface area contributed by atoms with Crippen molar-refractivity contribution in [2.24, 2.45) is 0 Å². The lowest BCUT2D eigenvalue weighted by atomic mass is 9.96. The molecule has 1 aromatic heterocycles. The average Bonchev–Trinajstić information content (AvgIpc) is 2.83. The van der Waals surface area contributed by atoms with E-state index in [1.165, 1.54) is 11.8 Å². The fourth-order valence-corrected chi connectivity index (χ4v) is 2.31. The van der Waals surface area contributed by atoms with Crippen molar-refractivity contribution < 1.29 is 9.59 Å². The van der Waals surface area contributed by atoms with Crippen LogP contribution in [0.5, 0.6) is 0 Å². The molecule has 0 fully saturated rings. The quantitative estimate of drug-likeness (QED) is 0.661. The Morgan fingerprint density at radius 3 is 2.68 bits per heavy atom. The number of rotatable bonds is 2. The van der Waals surface area contributed by atoms with Crippen molar-refractivity contribution in [1.82, 2.24) is 14.8 Å². The first-order chi connectivity index (χ1) is 9.20. The van der Waals surface area contributed by atoms with E-state index in [0.29, 0.717) is 10.7 Å². The van der Waals surface area contributed by atoms with Crippen molar-refractivity contribution >= 4 is 29.5 Å². The van der Waals surface area contributed by atoms with E-state index in [4.69, 9.17) is 0 Å². The predicted molar refractivity (Wildman–Crippen MR) is 70.2 cm³/mol. The summed E-state index contributed by atoms with van der Waals surface area (Å²) in [6.07, 6.45) is 1.81. The third-order valence-electron chi connectivity index (χ3n) is 2.86. The summed E-state index contributed by atoms with van der Waals surface area (Å²) >= 11 is 1.32. The third-order valence-corrected chi connectivity index (χ3v) is 3.39. The molecular weight excluding hydrogens is 264 g/mol. The molecule has 2 aromatic rings. The van der Waals surface area contributed by atoms with Crippen LogP contribution < -0.4 is 5.32 Å². The number of hydrogen-bond acceptors (Lipinski definition) is 5. The van der Waals surface area contributed by atoms with Gasteiger partial charge < -0.3 is 0 Å². The number of carbonyl (C=O) groups is 2. The van der Waals surface area contributed by atoms with Gasteiger partial charge in [-0.1, -0.05) is 42.1 Å². The van der Waals surface area contributed by atoms with Crippen molar-refractivity contribution in [3.63, 3.8) is 0 Å². The maximum absolute atomic E-state index is 12.3. The van der Waals surface area contributed by atoms with Crippen molar-refractivity contribution in [3.8, 4) is 0 Å². The van der Waals surface area contributed by atoms with Gasteiger partial charge in [-0.25, -0.2) is 0 Å². The van der Waals surface area contributed by atoms with E-state index in [1.54, 1.807) is 24.3 Å². The Hall–Kier alpha value is -2.15. The molecule has 2 heterocycles. The molecule has 1 amide bonds. The molecule has 0 spiro atoms. The van der Waals surface area contributed by atoms with E-state index < -0.39 is 5.92 Å². The van der Waals surface area contributed by atoms with Crippen molar-refractivity contribution in [1.29, 1.82) is 0 Å². The summed E-state index contributed by atoms with van der Waals surface area (Å²) in [6, 6.07) is 8.92. The zero-order chi connectivity index (χ0) is 13.4. The number of fused-ring (bicyclic) bond motifs is 1. The first-order valence-corrected chi connectivity index (χ1v) is 6.84. The van der Waals surface area contributed by atoms with Gasteiger partial charge in [0.2, 0.25) is 17.0 Å². The van der Waals surface area contributed by atoms with Crippen LogP contribution in [0, 0.1) is 0 Å². The monoisotopic (exact) mass is 274 g/mol. The van der Waals surface area contributed by atoms with Crippen LogP contribution in [0.25, 0.3) is 0 Å². The minimum Gasteiger partial charge on any atom is -0.293 e. The molecule has 0 bridgehead atoms. The number of hydrogen-bond donors (Lipinski definition) is 1. The largest absolute Gasteiger partial charge is 0.293 e. The second-order valence-corrected chi connectivity index (χ2v) is 4.78. The third kappa shape index (κ3) is 1.91. The van der Waals surface area contributed by atoms with Crippen LogP contribution in [0.2, 0.25) is 0 Å². The number of nitrogens with one attached hydrogen (secondary N) is 1. The van der Waals surface area contributed by atoms with Crippen molar-refractivity contribution in [2.75, 3.05) is 11.6 Å². The fraction of sp³-hybridized carbons (Fsp3) is 0.167. The van der Waals surface area contributed by atoms with Gasteiger partial charge in [0.1, 0.15) is 5.92 Å². The molecule has 0 aliphatic carbocycles. The molecule has 0 radical (unpaired) electrons. The minimum absolute atomic E-state index is 0.187. The molecule has 3 rings (SSSR count). The molecule has 0 saturated heterocycles. The Bertz CT molecular complexity index is 653. The number of aromatic nitrogens is 3. The van der Waals surface area contributed by atoms with Crippen LogP contribution >= 0.6 is 11.8 Å². The summed E-state index contributed by atoms with van der Waals surface area (Å²) in [4.78, 5) is 28.5. The standard InChI is InChI=1S/C12H10N4O2S/c1-19-12-14-11-13-9(17)8(10(18)16(11)15-12)7-5-3-2-4-6-7/h2-6,8H,1H3,(H,13,14,15,17). The average molecular weight is 274 g/mol. The second-order valence-electron chi connectivity index (χ2n) is 4.01. The van der Waals surface area contributed by atoms with Crippen LogP contribution in [0.4, 0.5) is 5.95 Å². The van der Waals surface area contributed by atoms with Gasteiger partial charge in [-0.3, -0.25) is 14.9 Å². The Labute approximate surface area is 113 Å². The predicted octanol–water partition coefficient (Wildman–Crippen LogP) is 1.38. The van der Waals surface area contributed by atoms with Crippen LogP contribution in [-0.2, 0) is 4.79 Å². The molecule has 7 heteroatoms. The molecule has 1 aromatic carbocycles. The zero-order valence-corrected chi connectivity index (χ0v) is 10.8. The summed E-state index contributed by atoms with van der Waals surface area (Å²) in [6.45, 7) is 0. The van der Waals surface area contributed by atoms with Gasteiger partial charge in [-0.05, 0) is 11.8 Å². The van der Waals surface area contributed by atoms with E-state index in [-0.39, 0.29) is 17.8 Å². The van der Waals surface area contributed by atoms with Crippen LogP contribution in [0.1, 0.15) is 16.3 Å². The second kappa shape index (κ2) is 4.51.